The number of aromatic nitrogens is 4. The van der Waals surface area contributed by atoms with Crippen LogP contribution in [0.2, 0.25) is 0 Å². The van der Waals surface area contributed by atoms with Crippen LogP contribution in [-0.4, -0.2) is 58.3 Å². The fourth-order valence-electron chi connectivity index (χ4n) is 4.19. The Hall–Kier alpha value is -2.00. The van der Waals surface area contributed by atoms with Crippen molar-refractivity contribution in [1.29, 1.82) is 0 Å². The van der Waals surface area contributed by atoms with Crippen LogP contribution in [0.15, 0.2) is 30.5 Å². The fourth-order valence-corrected chi connectivity index (χ4v) is 4.45. The molecular weight excluding hydrogens is 374 g/mol. The molecule has 0 aliphatic carbocycles. The van der Waals surface area contributed by atoms with Crippen molar-refractivity contribution in [2.45, 2.75) is 32.2 Å². The van der Waals surface area contributed by atoms with Crippen molar-refractivity contribution in [3.05, 3.63) is 35.2 Å². The fraction of sp³-hybridized carbons (Fsp3) is 0.500. The van der Waals surface area contributed by atoms with Crippen LogP contribution in [0.4, 0.5) is 0 Å². The Morgan fingerprint density at radius 3 is 2.89 bits per heavy atom. The molecule has 0 radical (unpaired) electrons. The first-order valence-corrected chi connectivity index (χ1v) is 10.5. The van der Waals surface area contributed by atoms with E-state index in [-0.39, 0.29) is 6.10 Å². The quantitative estimate of drug-likeness (QED) is 0.639. The normalized spacial score (nSPS) is 20.9. The molecule has 3 aromatic rings. The summed E-state index contributed by atoms with van der Waals surface area (Å²) in [4.78, 5) is 4.82. The molecule has 2 aliphatic rings. The zero-order chi connectivity index (χ0) is 18.9. The highest BCUT2D eigenvalue weighted by Gasteiger charge is 2.24. The Labute approximate surface area is 168 Å². The Morgan fingerprint density at radius 1 is 1.21 bits per heavy atom. The summed E-state index contributed by atoms with van der Waals surface area (Å²) in [5.74, 6) is 0.922. The van der Waals surface area contributed by atoms with E-state index in [1.807, 2.05) is 16.9 Å². The third kappa shape index (κ3) is 3.41. The zero-order valence-corrected chi connectivity index (χ0v) is 16.7. The van der Waals surface area contributed by atoms with E-state index < -0.39 is 0 Å². The standard InChI is InChI=1S/C20H25N5O2S/c28-20-24(13-15-4-3-9-27-15)19(17-12-21-18-6-2-1-5-16(17)18)22-25(20)14-23-7-10-26-11-8-23/h1-2,5-6,12,15,21H,3-4,7-11,13-14H2/p+1/t15-/m0/s1. The highest BCUT2D eigenvalue weighted by molar-refractivity contribution is 7.71. The Balaban J connectivity index is 1.55. The highest BCUT2D eigenvalue weighted by atomic mass is 32.1. The number of morpholine rings is 1. The molecule has 8 heteroatoms. The maximum absolute atomic E-state index is 5.90. The summed E-state index contributed by atoms with van der Waals surface area (Å²) >= 11 is 5.87. The lowest BCUT2D eigenvalue weighted by Gasteiger charge is -2.23. The summed E-state index contributed by atoms with van der Waals surface area (Å²) in [6.45, 7) is 5.95. The monoisotopic (exact) mass is 400 g/mol. The third-order valence-electron chi connectivity index (χ3n) is 5.74. The van der Waals surface area contributed by atoms with Gasteiger partial charge in [-0.05, 0) is 31.1 Å². The Bertz CT molecular complexity index is 1010. The molecule has 2 aliphatic heterocycles. The number of para-hydroxylation sites is 1. The van der Waals surface area contributed by atoms with Crippen LogP contribution in [0.25, 0.3) is 22.3 Å². The van der Waals surface area contributed by atoms with Crippen molar-refractivity contribution in [3.8, 4) is 11.4 Å². The summed E-state index contributed by atoms with van der Waals surface area (Å²) in [6.07, 6.45) is 4.45. The second kappa shape index (κ2) is 7.79. The van der Waals surface area contributed by atoms with Gasteiger partial charge in [-0.1, -0.05) is 18.2 Å². The van der Waals surface area contributed by atoms with Crippen molar-refractivity contribution in [3.63, 3.8) is 0 Å². The topological polar surface area (TPSA) is 61.4 Å². The van der Waals surface area contributed by atoms with Crippen LogP contribution in [0.1, 0.15) is 12.8 Å². The molecule has 4 heterocycles. The SMILES string of the molecule is S=c1n(C[NH+]2CCOCC2)nc(-c2c[nH]c3ccccc23)n1C[C@@H]1CCCO1. The van der Waals surface area contributed by atoms with Crippen LogP contribution >= 0.6 is 12.2 Å². The number of fused-ring (bicyclic) bond motifs is 1. The van der Waals surface area contributed by atoms with Crippen LogP contribution < -0.4 is 4.90 Å². The lowest BCUT2D eigenvalue weighted by atomic mass is 10.1. The predicted molar refractivity (Wildman–Crippen MR) is 109 cm³/mol. The molecule has 2 N–H and O–H groups in total. The van der Waals surface area contributed by atoms with E-state index in [9.17, 15) is 0 Å². The van der Waals surface area contributed by atoms with E-state index in [1.54, 1.807) is 0 Å². The highest BCUT2D eigenvalue weighted by Crippen LogP contribution is 2.28. The van der Waals surface area contributed by atoms with Gasteiger partial charge < -0.3 is 19.4 Å². The van der Waals surface area contributed by atoms with Gasteiger partial charge in [0, 0.05) is 29.3 Å². The molecule has 28 heavy (non-hydrogen) atoms. The number of H-pyrrole nitrogens is 1. The Morgan fingerprint density at radius 2 is 2.07 bits per heavy atom. The second-order valence-electron chi connectivity index (χ2n) is 7.62. The minimum Gasteiger partial charge on any atom is -0.376 e. The summed E-state index contributed by atoms with van der Waals surface area (Å²) in [7, 11) is 0. The van der Waals surface area contributed by atoms with E-state index in [2.05, 4.69) is 27.8 Å². The van der Waals surface area contributed by atoms with Gasteiger partial charge in [0.15, 0.2) is 12.5 Å². The van der Waals surface area contributed by atoms with Gasteiger partial charge in [0.05, 0.1) is 25.9 Å². The predicted octanol–water partition coefficient (Wildman–Crippen LogP) is 1.61. The first kappa shape index (κ1) is 18.1. The van der Waals surface area contributed by atoms with Gasteiger partial charge in [-0.2, -0.15) is 4.68 Å². The molecule has 7 nitrogen and oxygen atoms in total. The molecule has 2 fully saturated rings. The van der Waals surface area contributed by atoms with Gasteiger partial charge in [-0.25, -0.2) is 0 Å². The maximum Gasteiger partial charge on any atom is 0.203 e. The van der Waals surface area contributed by atoms with Crippen molar-refractivity contribution in [2.24, 2.45) is 0 Å². The molecule has 5 rings (SSSR count). The lowest BCUT2D eigenvalue weighted by molar-refractivity contribution is -0.930. The van der Waals surface area contributed by atoms with Crippen LogP contribution in [0.3, 0.4) is 0 Å². The minimum atomic E-state index is 0.212. The molecule has 0 amide bonds. The molecule has 0 bridgehead atoms. The molecule has 0 unspecified atom stereocenters. The molecule has 1 atom stereocenters. The van der Waals surface area contributed by atoms with Crippen molar-refractivity contribution < 1.29 is 14.4 Å². The van der Waals surface area contributed by atoms with Gasteiger partial charge in [-0.3, -0.25) is 4.57 Å². The number of hydrogen-bond acceptors (Lipinski definition) is 4. The van der Waals surface area contributed by atoms with Gasteiger partial charge in [0.25, 0.3) is 0 Å². The molecule has 2 saturated heterocycles. The average Bonchev–Trinajstić information content (AvgIpc) is 3.45. The second-order valence-corrected chi connectivity index (χ2v) is 7.98. The largest absolute Gasteiger partial charge is 0.376 e. The molecule has 0 spiro atoms. The minimum absolute atomic E-state index is 0.212. The van der Waals surface area contributed by atoms with Crippen molar-refractivity contribution in [1.82, 2.24) is 19.3 Å². The smallest absolute Gasteiger partial charge is 0.203 e. The number of benzene rings is 1. The maximum atomic E-state index is 5.90. The van der Waals surface area contributed by atoms with E-state index >= 15 is 0 Å². The van der Waals surface area contributed by atoms with Gasteiger partial charge >= 0.3 is 0 Å². The van der Waals surface area contributed by atoms with Crippen molar-refractivity contribution >= 4 is 23.1 Å². The van der Waals surface area contributed by atoms with E-state index in [0.29, 0.717) is 0 Å². The number of nitrogens with one attached hydrogen (secondary N) is 2. The first-order chi connectivity index (χ1) is 13.8. The number of rotatable bonds is 5. The molecule has 1 aromatic carbocycles. The number of hydrogen-bond donors (Lipinski definition) is 2. The van der Waals surface area contributed by atoms with E-state index in [4.69, 9.17) is 26.8 Å². The number of nitrogens with zero attached hydrogens (tertiary/aromatic N) is 3. The lowest BCUT2D eigenvalue weighted by Crippen LogP contribution is -3.13. The number of quaternary nitrogens is 1. The van der Waals surface area contributed by atoms with E-state index in [0.717, 1.165) is 80.6 Å². The van der Waals surface area contributed by atoms with E-state index in [1.165, 1.54) is 10.3 Å². The average molecular weight is 401 g/mol. The van der Waals surface area contributed by atoms with Gasteiger partial charge in [0.2, 0.25) is 4.77 Å². The molecular formula is C20H26N5O2S+. The number of aromatic amines is 1. The van der Waals surface area contributed by atoms with Gasteiger partial charge in [-0.15, -0.1) is 5.10 Å². The number of ether oxygens (including phenoxy) is 2. The summed E-state index contributed by atoms with van der Waals surface area (Å²) in [5, 5.41) is 6.15. The summed E-state index contributed by atoms with van der Waals surface area (Å²) < 4.78 is 16.3. The third-order valence-corrected chi connectivity index (χ3v) is 6.17. The van der Waals surface area contributed by atoms with Crippen molar-refractivity contribution in [2.75, 3.05) is 32.9 Å². The molecule has 148 valence electrons. The van der Waals surface area contributed by atoms with Crippen LogP contribution in [0, 0.1) is 4.77 Å². The Kier molecular flexibility index (Phi) is 5.02. The van der Waals surface area contributed by atoms with Crippen LogP contribution in [0.5, 0.6) is 0 Å². The zero-order valence-electron chi connectivity index (χ0n) is 15.9. The summed E-state index contributed by atoms with van der Waals surface area (Å²) in [6, 6.07) is 8.33. The molecule has 0 saturated carbocycles. The van der Waals surface area contributed by atoms with Crippen LogP contribution in [-0.2, 0) is 22.7 Å². The molecule has 2 aromatic heterocycles. The summed E-state index contributed by atoms with van der Waals surface area (Å²) in [5.41, 5.74) is 2.20. The first-order valence-electron chi connectivity index (χ1n) is 10.1. The van der Waals surface area contributed by atoms with Gasteiger partial charge in [0.1, 0.15) is 13.1 Å².